The molecule has 4 heteroatoms. The Kier molecular flexibility index (Phi) is 3.98. The molecule has 124 valence electrons. The predicted octanol–water partition coefficient (Wildman–Crippen LogP) is 3.00. The van der Waals surface area contributed by atoms with E-state index in [0.29, 0.717) is 0 Å². The predicted molar refractivity (Wildman–Crippen MR) is 95.5 cm³/mol. The van der Waals surface area contributed by atoms with Gasteiger partial charge in [0.15, 0.2) is 0 Å². The van der Waals surface area contributed by atoms with Crippen molar-refractivity contribution in [2.75, 3.05) is 25.1 Å². The number of nitrogens with one attached hydrogen (secondary N) is 1. The number of hydrogen-bond acceptors (Lipinski definition) is 3. The van der Waals surface area contributed by atoms with Gasteiger partial charge in [0.1, 0.15) is 5.75 Å². The number of ether oxygens (including phenoxy) is 1. The van der Waals surface area contributed by atoms with Crippen LogP contribution in [0.5, 0.6) is 5.75 Å². The first kappa shape index (κ1) is 15.2. The highest BCUT2D eigenvalue weighted by atomic mass is 16.5. The number of amides is 1. The van der Waals surface area contributed by atoms with E-state index in [4.69, 9.17) is 4.74 Å². The van der Waals surface area contributed by atoms with Crippen LogP contribution in [-0.2, 0) is 11.2 Å². The van der Waals surface area contributed by atoms with Gasteiger partial charge in [-0.2, -0.15) is 0 Å². The average molecular weight is 322 g/mol. The standard InChI is InChI=1S/C20H22N2O2/c1-24-15-6-2-5-14(13-15)16-7-3-9-19-17(16)10-12-22(19)20(23)18-8-4-11-21-18/h2-3,5-7,9,13,18,21H,4,8,10-12H2,1H3/t18-/m0/s1. The monoisotopic (exact) mass is 322 g/mol. The highest BCUT2D eigenvalue weighted by Gasteiger charge is 2.32. The van der Waals surface area contributed by atoms with Gasteiger partial charge in [-0.3, -0.25) is 4.79 Å². The average Bonchev–Trinajstić information content (AvgIpc) is 3.30. The van der Waals surface area contributed by atoms with Crippen LogP contribution in [0.15, 0.2) is 42.5 Å². The van der Waals surface area contributed by atoms with Crippen LogP contribution in [0.1, 0.15) is 18.4 Å². The third-order valence-corrected chi connectivity index (χ3v) is 5.03. The second-order valence-corrected chi connectivity index (χ2v) is 6.42. The van der Waals surface area contributed by atoms with Crippen molar-refractivity contribution in [2.45, 2.75) is 25.3 Å². The molecular weight excluding hydrogens is 300 g/mol. The highest BCUT2D eigenvalue weighted by molar-refractivity contribution is 6.00. The van der Waals surface area contributed by atoms with Crippen LogP contribution >= 0.6 is 0 Å². The first-order chi connectivity index (χ1) is 11.8. The van der Waals surface area contributed by atoms with Crippen molar-refractivity contribution < 1.29 is 9.53 Å². The summed E-state index contributed by atoms with van der Waals surface area (Å²) in [4.78, 5) is 14.8. The van der Waals surface area contributed by atoms with Crippen molar-refractivity contribution >= 4 is 11.6 Å². The normalized spacial score (nSPS) is 19.4. The van der Waals surface area contributed by atoms with Gasteiger partial charge in [-0.15, -0.1) is 0 Å². The first-order valence-electron chi connectivity index (χ1n) is 8.59. The second kappa shape index (κ2) is 6.29. The van der Waals surface area contributed by atoms with Crippen LogP contribution in [0.25, 0.3) is 11.1 Å². The van der Waals surface area contributed by atoms with Crippen LogP contribution in [0.3, 0.4) is 0 Å². The summed E-state index contributed by atoms with van der Waals surface area (Å²) in [7, 11) is 1.68. The molecule has 0 unspecified atom stereocenters. The molecule has 2 aliphatic heterocycles. The Morgan fingerprint density at radius 3 is 2.92 bits per heavy atom. The van der Waals surface area contributed by atoms with Crippen LogP contribution in [0.4, 0.5) is 5.69 Å². The Bertz CT molecular complexity index is 766. The van der Waals surface area contributed by atoms with Crippen molar-refractivity contribution in [1.82, 2.24) is 5.32 Å². The van der Waals surface area contributed by atoms with Gasteiger partial charge in [0.05, 0.1) is 13.2 Å². The van der Waals surface area contributed by atoms with Gasteiger partial charge in [0.25, 0.3) is 0 Å². The summed E-state index contributed by atoms with van der Waals surface area (Å²) in [5.41, 5.74) is 4.66. The molecule has 24 heavy (non-hydrogen) atoms. The Hall–Kier alpha value is -2.33. The molecule has 2 heterocycles. The van der Waals surface area contributed by atoms with Gasteiger partial charge >= 0.3 is 0 Å². The first-order valence-corrected chi connectivity index (χ1v) is 8.59. The minimum atomic E-state index is -0.0172. The lowest BCUT2D eigenvalue weighted by atomic mass is 9.97. The summed E-state index contributed by atoms with van der Waals surface area (Å²) in [5.74, 6) is 1.07. The van der Waals surface area contributed by atoms with Crippen molar-refractivity contribution in [3.63, 3.8) is 0 Å². The maximum Gasteiger partial charge on any atom is 0.244 e. The minimum absolute atomic E-state index is 0.0172. The molecule has 1 amide bonds. The quantitative estimate of drug-likeness (QED) is 0.944. The number of hydrogen-bond donors (Lipinski definition) is 1. The fraction of sp³-hybridized carbons (Fsp3) is 0.350. The van der Waals surface area contributed by atoms with E-state index >= 15 is 0 Å². The van der Waals surface area contributed by atoms with E-state index in [1.165, 1.54) is 11.1 Å². The zero-order valence-corrected chi connectivity index (χ0v) is 13.9. The maximum absolute atomic E-state index is 12.8. The lowest BCUT2D eigenvalue weighted by molar-refractivity contribution is -0.120. The molecule has 0 saturated carbocycles. The third kappa shape index (κ3) is 2.57. The number of nitrogens with zero attached hydrogens (tertiary/aromatic N) is 1. The van der Waals surface area contributed by atoms with E-state index in [2.05, 4.69) is 29.6 Å². The molecule has 0 radical (unpaired) electrons. The number of fused-ring (bicyclic) bond motifs is 1. The summed E-state index contributed by atoms with van der Waals surface area (Å²) < 4.78 is 5.35. The molecule has 2 aromatic carbocycles. The zero-order chi connectivity index (χ0) is 16.5. The molecule has 0 aliphatic carbocycles. The maximum atomic E-state index is 12.8. The fourth-order valence-corrected chi connectivity index (χ4v) is 3.81. The Morgan fingerprint density at radius 1 is 1.25 bits per heavy atom. The molecule has 0 aromatic heterocycles. The molecule has 1 N–H and O–H groups in total. The Balaban J connectivity index is 1.69. The summed E-state index contributed by atoms with van der Waals surface area (Å²) in [5, 5.41) is 3.32. The van der Waals surface area contributed by atoms with Crippen LogP contribution in [0, 0.1) is 0 Å². The molecule has 0 bridgehead atoms. The molecular formula is C20H22N2O2. The summed E-state index contributed by atoms with van der Waals surface area (Å²) in [6.07, 6.45) is 2.93. The van der Waals surface area contributed by atoms with Gasteiger partial charge in [-0.1, -0.05) is 24.3 Å². The number of carbonyl (C=O) groups excluding carboxylic acids is 1. The minimum Gasteiger partial charge on any atom is -0.497 e. The lowest BCUT2D eigenvalue weighted by Gasteiger charge is -2.21. The molecule has 1 saturated heterocycles. The molecule has 0 spiro atoms. The smallest absolute Gasteiger partial charge is 0.244 e. The van der Waals surface area contributed by atoms with E-state index in [1.807, 2.05) is 23.1 Å². The van der Waals surface area contributed by atoms with Crippen molar-refractivity contribution in [2.24, 2.45) is 0 Å². The summed E-state index contributed by atoms with van der Waals surface area (Å²) in [6, 6.07) is 14.3. The number of benzene rings is 2. The van der Waals surface area contributed by atoms with Gasteiger partial charge in [0.2, 0.25) is 5.91 Å². The van der Waals surface area contributed by atoms with E-state index in [0.717, 1.165) is 49.4 Å². The van der Waals surface area contributed by atoms with E-state index in [9.17, 15) is 4.79 Å². The van der Waals surface area contributed by atoms with Gasteiger partial charge in [0, 0.05) is 12.2 Å². The largest absolute Gasteiger partial charge is 0.497 e. The molecule has 1 atom stereocenters. The van der Waals surface area contributed by atoms with Crippen LogP contribution in [0.2, 0.25) is 0 Å². The lowest BCUT2D eigenvalue weighted by Crippen LogP contribution is -2.42. The van der Waals surface area contributed by atoms with Crippen molar-refractivity contribution in [3.05, 3.63) is 48.0 Å². The van der Waals surface area contributed by atoms with Gasteiger partial charge < -0.3 is 15.0 Å². The molecule has 4 rings (SSSR count). The zero-order valence-electron chi connectivity index (χ0n) is 13.9. The number of rotatable bonds is 3. The number of anilines is 1. The molecule has 1 fully saturated rings. The molecule has 2 aromatic rings. The van der Waals surface area contributed by atoms with Crippen molar-refractivity contribution in [1.29, 1.82) is 0 Å². The van der Waals surface area contributed by atoms with Gasteiger partial charge in [-0.05, 0) is 60.7 Å². The van der Waals surface area contributed by atoms with Crippen LogP contribution in [-0.4, -0.2) is 32.1 Å². The van der Waals surface area contributed by atoms with Crippen LogP contribution < -0.4 is 15.0 Å². The van der Waals surface area contributed by atoms with E-state index < -0.39 is 0 Å². The molecule has 4 nitrogen and oxygen atoms in total. The van der Waals surface area contributed by atoms with E-state index in [1.54, 1.807) is 7.11 Å². The summed E-state index contributed by atoms with van der Waals surface area (Å²) in [6.45, 7) is 1.72. The highest BCUT2D eigenvalue weighted by Crippen LogP contribution is 2.37. The SMILES string of the molecule is COc1cccc(-c2cccc3c2CCN3C(=O)[C@@H]2CCCN2)c1. The molecule has 2 aliphatic rings. The number of methoxy groups -OCH3 is 1. The summed E-state index contributed by atoms with van der Waals surface area (Å²) >= 11 is 0. The third-order valence-electron chi connectivity index (χ3n) is 5.03. The Labute approximate surface area is 142 Å². The second-order valence-electron chi connectivity index (χ2n) is 6.42. The van der Waals surface area contributed by atoms with E-state index in [-0.39, 0.29) is 11.9 Å². The topological polar surface area (TPSA) is 41.6 Å². The van der Waals surface area contributed by atoms with Gasteiger partial charge in [-0.25, -0.2) is 0 Å². The fourth-order valence-electron chi connectivity index (χ4n) is 3.81. The Morgan fingerprint density at radius 2 is 2.12 bits per heavy atom. The van der Waals surface area contributed by atoms with Crippen molar-refractivity contribution in [3.8, 4) is 16.9 Å². The number of carbonyl (C=O) groups is 1.